The number of carbonyl (C=O) groups is 1. The molecule has 0 radical (unpaired) electrons. The van der Waals surface area contributed by atoms with Gasteiger partial charge in [0.25, 0.3) is 5.91 Å². The van der Waals surface area contributed by atoms with Gasteiger partial charge in [-0.05, 0) is 62.2 Å². The monoisotopic (exact) mass is 377 g/mol. The first-order valence-corrected chi connectivity index (χ1v) is 6.98. The Morgan fingerprint density at radius 2 is 2.00 bits per heavy atom. The summed E-state index contributed by atoms with van der Waals surface area (Å²) >= 11 is 7.82. The standard InChI is InChI=1S/C11H6Br2FNOS/c12-7-5-6(14)1-2-8(7)15-11(16)9-3-4-10(13)17-9/h1-5H,(H,15,16). The molecule has 88 valence electrons. The first-order valence-electron chi connectivity index (χ1n) is 4.58. The summed E-state index contributed by atoms with van der Waals surface area (Å²) < 4.78 is 14.3. The first kappa shape index (κ1) is 12.7. The fourth-order valence-electron chi connectivity index (χ4n) is 1.21. The maximum Gasteiger partial charge on any atom is 0.265 e. The van der Waals surface area contributed by atoms with Crippen LogP contribution in [0.15, 0.2) is 38.6 Å². The van der Waals surface area contributed by atoms with E-state index < -0.39 is 0 Å². The Hall–Kier alpha value is -0.720. The SMILES string of the molecule is O=C(Nc1ccc(F)cc1Br)c1ccc(Br)s1. The minimum absolute atomic E-state index is 0.215. The summed E-state index contributed by atoms with van der Waals surface area (Å²) in [6, 6.07) is 7.64. The van der Waals surface area contributed by atoms with Crippen molar-refractivity contribution < 1.29 is 9.18 Å². The smallest absolute Gasteiger partial charge is 0.265 e. The molecule has 0 spiro atoms. The third-order valence-corrected chi connectivity index (χ3v) is 4.25. The topological polar surface area (TPSA) is 29.1 Å². The Morgan fingerprint density at radius 1 is 1.24 bits per heavy atom. The molecule has 2 aromatic rings. The highest BCUT2D eigenvalue weighted by molar-refractivity contribution is 9.11. The van der Waals surface area contributed by atoms with Gasteiger partial charge in [0, 0.05) is 4.47 Å². The van der Waals surface area contributed by atoms with Crippen LogP contribution < -0.4 is 5.32 Å². The van der Waals surface area contributed by atoms with Crippen LogP contribution in [-0.2, 0) is 0 Å². The van der Waals surface area contributed by atoms with E-state index in [2.05, 4.69) is 37.2 Å². The molecule has 1 aromatic heterocycles. The second-order valence-corrected chi connectivity index (χ2v) is 6.50. The van der Waals surface area contributed by atoms with Gasteiger partial charge in [0.2, 0.25) is 0 Å². The van der Waals surface area contributed by atoms with Crippen molar-refractivity contribution in [3.63, 3.8) is 0 Å². The zero-order valence-corrected chi connectivity index (χ0v) is 12.3. The molecule has 2 nitrogen and oxygen atoms in total. The Kier molecular flexibility index (Phi) is 3.96. The highest BCUT2D eigenvalue weighted by Gasteiger charge is 2.10. The van der Waals surface area contributed by atoms with Gasteiger partial charge in [-0.25, -0.2) is 4.39 Å². The van der Waals surface area contributed by atoms with Crippen LogP contribution in [0.1, 0.15) is 9.67 Å². The van der Waals surface area contributed by atoms with E-state index in [9.17, 15) is 9.18 Å². The summed E-state index contributed by atoms with van der Waals surface area (Å²) in [5.74, 6) is -0.568. The van der Waals surface area contributed by atoms with Gasteiger partial charge in [-0.3, -0.25) is 4.79 Å². The molecule has 0 fully saturated rings. The van der Waals surface area contributed by atoms with E-state index in [1.807, 2.05) is 0 Å². The number of benzene rings is 1. The van der Waals surface area contributed by atoms with Crippen molar-refractivity contribution in [3.05, 3.63) is 49.3 Å². The summed E-state index contributed by atoms with van der Waals surface area (Å²) in [5, 5.41) is 2.70. The van der Waals surface area contributed by atoms with Crippen molar-refractivity contribution in [2.45, 2.75) is 0 Å². The predicted octanol–water partition coefficient (Wildman–Crippen LogP) is 4.66. The highest BCUT2D eigenvalue weighted by Crippen LogP contribution is 2.26. The van der Waals surface area contributed by atoms with E-state index in [1.165, 1.54) is 29.5 Å². The van der Waals surface area contributed by atoms with Gasteiger partial charge in [-0.15, -0.1) is 11.3 Å². The Balaban J connectivity index is 2.18. The molecule has 0 atom stereocenters. The maximum absolute atomic E-state index is 12.9. The van der Waals surface area contributed by atoms with Crippen LogP contribution in [0.2, 0.25) is 0 Å². The minimum atomic E-state index is -0.353. The lowest BCUT2D eigenvalue weighted by Gasteiger charge is -2.05. The van der Waals surface area contributed by atoms with Gasteiger partial charge in [-0.2, -0.15) is 0 Å². The number of hydrogen-bond acceptors (Lipinski definition) is 2. The van der Waals surface area contributed by atoms with Crippen LogP contribution in [0.5, 0.6) is 0 Å². The molecule has 1 heterocycles. The molecule has 1 amide bonds. The number of thiophene rings is 1. The molecule has 2 rings (SSSR count). The number of halogens is 3. The van der Waals surface area contributed by atoms with Crippen LogP contribution in [0, 0.1) is 5.82 Å². The fraction of sp³-hybridized carbons (Fsp3) is 0. The summed E-state index contributed by atoms with van der Waals surface area (Å²) in [4.78, 5) is 12.4. The van der Waals surface area contributed by atoms with Gasteiger partial charge in [0.1, 0.15) is 5.82 Å². The molecule has 17 heavy (non-hydrogen) atoms. The zero-order valence-electron chi connectivity index (χ0n) is 8.34. The molecule has 0 aliphatic heterocycles. The Morgan fingerprint density at radius 3 is 2.59 bits per heavy atom. The second-order valence-electron chi connectivity index (χ2n) is 3.18. The lowest BCUT2D eigenvalue weighted by atomic mass is 10.3. The van der Waals surface area contributed by atoms with E-state index in [1.54, 1.807) is 12.1 Å². The number of anilines is 1. The molecule has 1 aromatic carbocycles. The summed E-state index contributed by atoms with van der Waals surface area (Å²) in [6.45, 7) is 0. The third-order valence-electron chi connectivity index (χ3n) is 1.98. The molecular formula is C11H6Br2FNOS. The van der Waals surface area contributed by atoms with E-state index in [0.29, 0.717) is 15.0 Å². The van der Waals surface area contributed by atoms with Gasteiger partial charge in [0.15, 0.2) is 0 Å². The van der Waals surface area contributed by atoms with Gasteiger partial charge in [-0.1, -0.05) is 0 Å². The van der Waals surface area contributed by atoms with E-state index in [-0.39, 0.29) is 11.7 Å². The quantitative estimate of drug-likeness (QED) is 0.808. The average Bonchev–Trinajstić information content (AvgIpc) is 2.69. The van der Waals surface area contributed by atoms with Crippen molar-refractivity contribution in [3.8, 4) is 0 Å². The normalized spacial score (nSPS) is 10.3. The van der Waals surface area contributed by atoms with Crippen LogP contribution >= 0.6 is 43.2 Å². The van der Waals surface area contributed by atoms with Gasteiger partial charge >= 0.3 is 0 Å². The van der Waals surface area contributed by atoms with E-state index in [4.69, 9.17) is 0 Å². The minimum Gasteiger partial charge on any atom is -0.320 e. The highest BCUT2D eigenvalue weighted by atomic mass is 79.9. The Labute approximate surface area is 118 Å². The van der Waals surface area contributed by atoms with E-state index >= 15 is 0 Å². The second kappa shape index (κ2) is 5.29. The number of rotatable bonds is 2. The van der Waals surface area contributed by atoms with Crippen molar-refractivity contribution in [1.82, 2.24) is 0 Å². The summed E-state index contributed by atoms with van der Waals surface area (Å²) in [7, 11) is 0. The molecule has 0 bridgehead atoms. The molecule has 0 saturated carbocycles. The number of amides is 1. The van der Waals surface area contributed by atoms with Crippen molar-refractivity contribution in [2.24, 2.45) is 0 Å². The van der Waals surface area contributed by atoms with Crippen LogP contribution in [0.4, 0.5) is 10.1 Å². The fourth-order valence-corrected chi connectivity index (χ4v) is 2.94. The molecule has 6 heteroatoms. The summed E-state index contributed by atoms with van der Waals surface area (Å²) in [6.07, 6.45) is 0. The average molecular weight is 379 g/mol. The number of hydrogen-bond donors (Lipinski definition) is 1. The molecule has 0 aliphatic carbocycles. The predicted molar refractivity (Wildman–Crippen MR) is 74.1 cm³/mol. The third kappa shape index (κ3) is 3.14. The van der Waals surface area contributed by atoms with Gasteiger partial charge in [0.05, 0.1) is 14.4 Å². The van der Waals surface area contributed by atoms with Crippen LogP contribution in [0.3, 0.4) is 0 Å². The number of nitrogens with one attached hydrogen (secondary N) is 1. The first-order chi connectivity index (χ1) is 8.06. The molecular weight excluding hydrogens is 373 g/mol. The molecule has 0 unspecified atom stereocenters. The number of carbonyl (C=O) groups excluding carboxylic acids is 1. The van der Waals surface area contributed by atoms with Crippen molar-refractivity contribution in [1.29, 1.82) is 0 Å². The van der Waals surface area contributed by atoms with Crippen molar-refractivity contribution in [2.75, 3.05) is 5.32 Å². The zero-order chi connectivity index (χ0) is 12.4. The van der Waals surface area contributed by atoms with Crippen LogP contribution in [0.25, 0.3) is 0 Å². The molecule has 1 N–H and O–H groups in total. The van der Waals surface area contributed by atoms with E-state index in [0.717, 1.165) is 3.79 Å². The van der Waals surface area contributed by atoms with Crippen LogP contribution in [-0.4, -0.2) is 5.91 Å². The summed E-state index contributed by atoms with van der Waals surface area (Å²) in [5.41, 5.74) is 0.543. The van der Waals surface area contributed by atoms with Gasteiger partial charge < -0.3 is 5.32 Å². The lowest BCUT2D eigenvalue weighted by Crippen LogP contribution is -2.10. The lowest BCUT2D eigenvalue weighted by molar-refractivity contribution is 0.103. The maximum atomic E-state index is 12.9. The van der Waals surface area contributed by atoms with Crippen molar-refractivity contribution >= 4 is 54.8 Å². The molecule has 0 saturated heterocycles. The molecule has 0 aliphatic rings. The Bertz CT molecular complexity index is 570. The largest absolute Gasteiger partial charge is 0.320 e.